The molecule has 488 valence electrons. The van der Waals surface area contributed by atoms with Gasteiger partial charge in [-0.3, -0.25) is 67.2 Å². The molecule has 0 bridgehead atoms. The average molecular weight is 1260 g/mol. The van der Waals surface area contributed by atoms with Crippen LogP contribution in [0.2, 0.25) is 0 Å². The van der Waals surface area contributed by atoms with Crippen LogP contribution in [0.1, 0.15) is 137 Å². The molecule has 0 radical (unpaired) electrons. The Kier molecular flexibility index (Phi) is 30.5. The van der Waals surface area contributed by atoms with Crippen molar-refractivity contribution in [2.75, 3.05) is 18.8 Å². The number of nitrogens with one attached hydrogen (secondary N) is 9. The maximum Gasteiger partial charge on any atom is 0.326 e. The number of hydrogen-bond donors (Lipinski definition) is 15. The van der Waals surface area contributed by atoms with E-state index in [1.807, 2.05) is 0 Å². The number of carbonyl (C=O) groups is 14. The first-order chi connectivity index (χ1) is 41.4. The molecule has 1 aromatic heterocycles. The minimum atomic E-state index is -1.78. The van der Waals surface area contributed by atoms with Gasteiger partial charge in [-0.2, -0.15) is 0 Å². The molecule has 0 spiro atoms. The fourth-order valence-corrected chi connectivity index (χ4v) is 10.7. The molecule has 1 aliphatic heterocycles. The number of likely N-dealkylation sites (tertiary alicyclic amines) is 1. The summed E-state index contributed by atoms with van der Waals surface area (Å²) >= 11 is 0.812. The van der Waals surface area contributed by atoms with Crippen molar-refractivity contribution < 1.29 is 82.4 Å². The quantitative estimate of drug-likeness (QED) is 0.0278. The van der Waals surface area contributed by atoms with Crippen LogP contribution in [-0.4, -0.2) is 181 Å². The van der Waals surface area contributed by atoms with Crippen LogP contribution >= 0.6 is 11.8 Å². The molecule has 10 atom stereocenters. The SMILES string of the molecule is CCN1C(=O)CC(SC[C@H](NC(=O)[C@H](CC(C)C)NC(=O)[C@@H](NC(=O)[C@H](CCC(N)=O)NC(=O)[C@H](CC(=O)O)NC(=O)[C@@H](N)CC(C)C)c2c[nH]c3ccccc23)C(=O)N[C@@H](CCC(=O)O)C(=O)N[C@@H](CCCCN)C(=O)N[C@@H](CC(C)C)C(=O)O)C1=O. The van der Waals surface area contributed by atoms with Crippen LogP contribution in [0.5, 0.6) is 0 Å². The molecular formula is C57H87N13O17S. The number of unbranched alkanes of at least 4 members (excludes halogenated alkanes) is 1. The van der Waals surface area contributed by atoms with Crippen LogP contribution in [0, 0.1) is 17.8 Å². The number of rotatable bonds is 40. The molecule has 0 aliphatic carbocycles. The average Bonchev–Trinajstić information content (AvgIpc) is 4.12. The third-order valence-corrected chi connectivity index (χ3v) is 15.3. The van der Waals surface area contributed by atoms with Crippen molar-refractivity contribution in [3.8, 4) is 0 Å². The lowest BCUT2D eigenvalue weighted by Gasteiger charge is -2.29. The lowest BCUT2D eigenvalue weighted by Crippen LogP contribution is -2.60. The Morgan fingerprint density at radius 3 is 1.62 bits per heavy atom. The number of H-pyrrole nitrogens is 1. The van der Waals surface area contributed by atoms with E-state index in [1.54, 1.807) is 72.7 Å². The Morgan fingerprint density at radius 1 is 0.602 bits per heavy atom. The molecule has 2 heterocycles. The van der Waals surface area contributed by atoms with Gasteiger partial charge in [-0.05, 0) is 88.7 Å². The van der Waals surface area contributed by atoms with Gasteiger partial charge in [-0.15, -0.1) is 11.8 Å². The molecule has 11 amide bonds. The molecule has 2 aromatic rings. The second kappa shape index (κ2) is 36.2. The van der Waals surface area contributed by atoms with Crippen LogP contribution in [0.4, 0.5) is 0 Å². The number of carboxylic acid groups (broad SMARTS) is 3. The lowest BCUT2D eigenvalue weighted by molar-refractivity contribution is -0.143. The van der Waals surface area contributed by atoms with E-state index in [4.69, 9.17) is 17.2 Å². The molecule has 0 saturated carbocycles. The number of carboxylic acids is 3. The molecule has 3 rings (SSSR count). The fraction of sp³-hybridized carbons (Fsp3) is 0.614. The maximum atomic E-state index is 15.0. The number of nitrogens with zero attached hydrogens (tertiary/aromatic N) is 1. The first-order valence-electron chi connectivity index (χ1n) is 29.2. The van der Waals surface area contributed by atoms with Gasteiger partial charge in [0, 0.05) is 54.2 Å². The van der Waals surface area contributed by atoms with Crippen molar-refractivity contribution in [1.29, 1.82) is 0 Å². The van der Waals surface area contributed by atoms with Gasteiger partial charge < -0.3 is 80.0 Å². The molecule has 30 nitrogen and oxygen atoms in total. The molecule has 31 heteroatoms. The highest BCUT2D eigenvalue weighted by molar-refractivity contribution is 8.00. The molecule has 1 saturated heterocycles. The Morgan fingerprint density at radius 2 is 1.09 bits per heavy atom. The summed E-state index contributed by atoms with van der Waals surface area (Å²) in [5.74, 6) is -15.6. The van der Waals surface area contributed by atoms with Crippen molar-refractivity contribution in [2.24, 2.45) is 35.0 Å². The van der Waals surface area contributed by atoms with Crippen LogP contribution in [0.25, 0.3) is 10.9 Å². The summed E-state index contributed by atoms with van der Waals surface area (Å²) in [7, 11) is 0. The number of nitrogens with two attached hydrogens (primary N) is 3. The summed E-state index contributed by atoms with van der Waals surface area (Å²) < 4.78 is 0. The first kappa shape index (κ1) is 74.1. The van der Waals surface area contributed by atoms with Crippen molar-refractivity contribution >= 4 is 106 Å². The first-order valence-corrected chi connectivity index (χ1v) is 30.3. The zero-order chi connectivity index (χ0) is 66.1. The minimum absolute atomic E-state index is 0.0344. The number of para-hydroxylation sites is 1. The number of benzene rings is 1. The smallest absolute Gasteiger partial charge is 0.326 e. The number of imide groups is 1. The van der Waals surface area contributed by atoms with Gasteiger partial charge in [0.2, 0.25) is 65.0 Å². The predicted molar refractivity (Wildman–Crippen MR) is 320 cm³/mol. The molecule has 88 heavy (non-hydrogen) atoms. The van der Waals surface area contributed by atoms with E-state index in [1.165, 1.54) is 6.20 Å². The van der Waals surface area contributed by atoms with Gasteiger partial charge in [0.25, 0.3) is 0 Å². The van der Waals surface area contributed by atoms with Gasteiger partial charge in [0.15, 0.2) is 0 Å². The number of amides is 11. The number of fused-ring (bicyclic) bond motifs is 1. The lowest BCUT2D eigenvalue weighted by atomic mass is 10.00. The van der Waals surface area contributed by atoms with E-state index in [9.17, 15) is 82.4 Å². The van der Waals surface area contributed by atoms with Gasteiger partial charge in [0.05, 0.1) is 17.7 Å². The molecule has 1 unspecified atom stereocenters. The van der Waals surface area contributed by atoms with Crippen LogP contribution in [0.15, 0.2) is 30.5 Å². The molecule has 18 N–H and O–H groups in total. The zero-order valence-electron chi connectivity index (χ0n) is 50.6. The number of aromatic amines is 1. The molecule has 1 fully saturated rings. The van der Waals surface area contributed by atoms with E-state index in [2.05, 4.69) is 47.5 Å². The van der Waals surface area contributed by atoms with Crippen molar-refractivity contribution in [3.05, 3.63) is 36.0 Å². The van der Waals surface area contributed by atoms with Crippen LogP contribution in [-0.2, 0) is 67.1 Å². The van der Waals surface area contributed by atoms with Gasteiger partial charge in [0.1, 0.15) is 48.3 Å². The number of aromatic nitrogens is 1. The zero-order valence-corrected chi connectivity index (χ0v) is 51.5. The van der Waals surface area contributed by atoms with E-state index in [0.717, 1.165) is 16.7 Å². The Hall–Kier alpha value is -8.19. The van der Waals surface area contributed by atoms with E-state index >= 15 is 0 Å². The second-order valence-electron chi connectivity index (χ2n) is 22.8. The highest BCUT2D eigenvalue weighted by Gasteiger charge is 2.41. The summed E-state index contributed by atoms with van der Waals surface area (Å²) in [5, 5.41) is 48.5. The highest BCUT2D eigenvalue weighted by atomic mass is 32.2. The molecule has 1 aromatic carbocycles. The number of hydrogen-bond acceptors (Lipinski definition) is 17. The number of primary amides is 1. The second-order valence-corrected chi connectivity index (χ2v) is 24.1. The monoisotopic (exact) mass is 1260 g/mol. The van der Waals surface area contributed by atoms with E-state index in [0.29, 0.717) is 17.3 Å². The van der Waals surface area contributed by atoms with Crippen LogP contribution in [0.3, 0.4) is 0 Å². The number of thioether (sulfide) groups is 1. The van der Waals surface area contributed by atoms with Gasteiger partial charge >= 0.3 is 17.9 Å². The van der Waals surface area contributed by atoms with Crippen molar-refractivity contribution in [1.82, 2.24) is 52.4 Å². The number of carbonyl (C=O) groups excluding carboxylic acids is 11. The van der Waals surface area contributed by atoms with E-state index in [-0.39, 0.29) is 69.0 Å². The van der Waals surface area contributed by atoms with Gasteiger partial charge in [-0.1, -0.05) is 59.7 Å². The summed E-state index contributed by atoms with van der Waals surface area (Å²) in [5.41, 5.74) is 17.7. The third kappa shape index (κ3) is 24.2. The normalized spacial score (nSPS) is 16.3. The number of aliphatic carboxylic acids is 3. The topological polar surface area (TPSA) is 493 Å². The summed E-state index contributed by atoms with van der Waals surface area (Å²) in [4.78, 5) is 192. The summed E-state index contributed by atoms with van der Waals surface area (Å²) in [6.45, 7) is 12.3. The molecular weight excluding hydrogens is 1170 g/mol. The van der Waals surface area contributed by atoms with Crippen molar-refractivity contribution in [3.63, 3.8) is 0 Å². The Balaban J connectivity index is 2.10. The molecule has 1 aliphatic rings. The highest BCUT2D eigenvalue weighted by Crippen LogP contribution is 2.27. The Labute approximate surface area is 513 Å². The standard InChI is InChI=1S/C57H87N13O17S/c1-8-70-44(72)25-42(56(70)85)88-27-41(54(83)64-37(17-19-45(73)74)50(79)62-35(15-11-12-20-58)49(78)67-40(57(86)87)23-30(6)7)68-52(81)38(22-29(4)5)66-55(84)47(32-26-61-34-14-10-9-13-31(32)34)69-51(80)36(16-18-43(60)71)63-53(82)39(24-46(75)76)65-48(77)33(59)21-28(2)3/h9-10,13-14,26,28-30,33,35-42,47,61H,8,11-12,15-25,27,58-59H2,1-7H3,(H2,60,71)(H,62,79)(H,63,82)(H,64,83)(H,65,77)(H,66,84)(H,67,78)(H,68,81)(H,69,80)(H,73,74)(H,75,76)(H,86,87)/t33-,35-,36-,37-,38-,39-,40-,41-,42?,47-/m0/s1. The van der Waals surface area contributed by atoms with Crippen LogP contribution < -0.4 is 59.7 Å². The third-order valence-electron chi connectivity index (χ3n) is 14.0. The predicted octanol–water partition coefficient (Wildman–Crippen LogP) is -1.12. The summed E-state index contributed by atoms with van der Waals surface area (Å²) in [6, 6.07) is -7.60. The largest absolute Gasteiger partial charge is 0.481 e. The minimum Gasteiger partial charge on any atom is -0.481 e. The van der Waals surface area contributed by atoms with Crippen molar-refractivity contribution in [2.45, 2.75) is 185 Å². The fourth-order valence-electron chi connectivity index (χ4n) is 9.51. The van der Waals surface area contributed by atoms with Gasteiger partial charge in [-0.25, -0.2) is 4.79 Å². The maximum absolute atomic E-state index is 15.0. The summed E-state index contributed by atoms with van der Waals surface area (Å²) in [6.07, 6.45) is -1.47. The van der Waals surface area contributed by atoms with E-state index < -0.39 is 186 Å². The Bertz CT molecular complexity index is 2830.